The fourth-order valence-corrected chi connectivity index (χ4v) is 3.77. The predicted molar refractivity (Wildman–Crippen MR) is 80.7 cm³/mol. The Balaban J connectivity index is 1.70. The normalized spacial score (nSPS) is 22.2. The Bertz CT molecular complexity index is 560. The third-order valence-corrected chi connectivity index (χ3v) is 5.05. The molecule has 1 aromatic carbocycles. The molecule has 0 spiro atoms. The lowest BCUT2D eigenvalue weighted by Crippen LogP contribution is -2.46. The molecule has 0 bridgehead atoms. The van der Waals surface area contributed by atoms with Gasteiger partial charge in [-0.3, -0.25) is 9.59 Å². The number of thioether (sulfide) groups is 1. The number of amides is 2. The maximum absolute atomic E-state index is 13.0. The van der Waals surface area contributed by atoms with Gasteiger partial charge in [-0.05, 0) is 17.7 Å². The number of rotatable bonds is 3. The maximum Gasteiger partial charge on any atom is 0.242 e. The quantitative estimate of drug-likeness (QED) is 0.840. The first kappa shape index (κ1) is 15.3. The molecule has 0 saturated carbocycles. The zero-order valence-corrected chi connectivity index (χ0v) is 12.9. The van der Waals surface area contributed by atoms with Crippen molar-refractivity contribution >= 4 is 23.6 Å². The minimum absolute atomic E-state index is 0.0547. The molecule has 0 aliphatic carbocycles. The summed E-state index contributed by atoms with van der Waals surface area (Å²) in [5.74, 6) is -0.0838. The van der Waals surface area contributed by atoms with E-state index in [9.17, 15) is 14.0 Å². The van der Waals surface area contributed by atoms with E-state index in [4.69, 9.17) is 4.74 Å². The highest BCUT2D eigenvalue weighted by Crippen LogP contribution is 2.38. The van der Waals surface area contributed by atoms with Crippen LogP contribution in [0.3, 0.4) is 0 Å². The molecular formula is C15H17FN2O3S. The third kappa shape index (κ3) is 3.25. The Morgan fingerprint density at radius 3 is 2.64 bits per heavy atom. The van der Waals surface area contributed by atoms with Crippen LogP contribution >= 0.6 is 11.8 Å². The molecule has 2 fully saturated rings. The topological polar surface area (TPSA) is 49.9 Å². The summed E-state index contributed by atoms with van der Waals surface area (Å²) in [5, 5.41) is -0.224. The van der Waals surface area contributed by atoms with E-state index in [1.807, 2.05) is 0 Å². The SMILES string of the molecule is O=C(CN1C(=O)CSC1c1ccc(F)cc1)N1CCOCC1. The molecule has 3 rings (SSSR count). The lowest BCUT2D eigenvalue weighted by atomic mass is 10.2. The molecule has 1 unspecified atom stereocenters. The van der Waals surface area contributed by atoms with E-state index in [1.165, 1.54) is 23.9 Å². The van der Waals surface area contributed by atoms with Crippen LogP contribution < -0.4 is 0 Å². The summed E-state index contributed by atoms with van der Waals surface area (Å²) in [4.78, 5) is 27.7. The number of carbonyl (C=O) groups is 2. The second kappa shape index (κ2) is 6.66. The molecule has 7 heteroatoms. The largest absolute Gasteiger partial charge is 0.378 e. The smallest absolute Gasteiger partial charge is 0.242 e. The van der Waals surface area contributed by atoms with Crippen LogP contribution in [-0.4, -0.2) is 60.2 Å². The number of benzene rings is 1. The molecule has 1 aromatic rings. The van der Waals surface area contributed by atoms with E-state index >= 15 is 0 Å². The number of hydrogen-bond acceptors (Lipinski definition) is 4. The monoisotopic (exact) mass is 324 g/mol. The van der Waals surface area contributed by atoms with Gasteiger partial charge in [0.1, 0.15) is 17.7 Å². The van der Waals surface area contributed by atoms with Crippen LogP contribution in [0.25, 0.3) is 0 Å². The lowest BCUT2D eigenvalue weighted by Gasteiger charge is -2.30. The average Bonchev–Trinajstić information content (AvgIpc) is 2.90. The second-order valence-electron chi connectivity index (χ2n) is 5.23. The first-order chi connectivity index (χ1) is 10.6. The Labute approximate surface area is 132 Å². The Kier molecular flexibility index (Phi) is 4.63. The van der Waals surface area contributed by atoms with Gasteiger partial charge in [-0.15, -0.1) is 11.8 Å². The maximum atomic E-state index is 13.0. The molecule has 0 radical (unpaired) electrons. The molecule has 22 heavy (non-hydrogen) atoms. The molecule has 2 heterocycles. The molecule has 2 aliphatic rings. The van der Waals surface area contributed by atoms with Gasteiger partial charge in [-0.25, -0.2) is 4.39 Å². The Hall–Kier alpha value is -1.60. The van der Waals surface area contributed by atoms with Crippen molar-refractivity contribution in [1.29, 1.82) is 0 Å². The second-order valence-corrected chi connectivity index (χ2v) is 6.30. The van der Waals surface area contributed by atoms with Gasteiger partial charge < -0.3 is 14.5 Å². The standard InChI is InChI=1S/C15H17FN2O3S/c16-12-3-1-11(2-4-12)15-18(14(20)10-22-15)9-13(19)17-5-7-21-8-6-17/h1-4,15H,5-10H2. The molecule has 2 aliphatic heterocycles. The first-order valence-electron chi connectivity index (χ1n) is 7.17. The van der Waals surface area contributed by atoms with Crippen LogP contribution in [0.5, 0.6) is 0 Å². The minimum Gasteiger partial charge on any atom is -0.378 e. The highest BCUT2D eigenvalue weighted by atomic mass is 32.2. The van der Waals surface area contributed by atoms with Crippen LogP contribution in [0, 0.1) is 5.82 Å². The summed E-state index contributed by atoms with van der Waals surface area (Å²) in [6.45, 7) is 2.27. The van der Waals surface area contributed by atoms with Crippen LogP contribution in [0.2, 0.25) is 0 Å². The molecule has 1 atom stereocenters. The summed E-state index contributed by atoms with van der Waals surface area (Å²) < 4.78 is 18.3. The van der Waals surface area contributed by atoms with Crippen LogP contribution in [0.1, 0.15) is 10.9 Å². The molecular weight excluding hydrogens is 307 g/mol. The minimum atomic E-state index is -0.311. The summed E-state index contributed by atoms with van der Waals surface area (Å²) in [6.07, 6.45) is 0. The van der Waals surface area contributed by atoms with Gasteiger partial charge >= 0.3 is 0 Å². The van der Waals surface area contributed by atoms with Gasteiger partial charge in [-0.1, -0.05) is 12.1 Å². The van der Waals surface area contributed by atoms with Gasteiger partial charge in [0, 0.05) is 13.1 Å². The molecule has 0 N–H and O–H groups in total. The average molecular weight is 324 g/mol. The van der Waals surface area contributed by atoms with Gasteiger partial charge in [0.05, 0.1) is 19.0 Å². The van der Waals surface area contributed by atoms with E-state index in [1.54, 1.807) is 21.9 Å². The van der Waals surface area contributed by atoms with Crippen molar-refractivity contribution in [3.05, 3.63) is 35.6 Å². The van der Waals surface area contributed by atoms with E-state index in [2.05, 4.69) is 0 Å². The lowest BCUT2D eigenvalue weighted by molar-refractivity contribution is -0.141. The summed E-state index contributed by atoms with van der Waals surface area (Å²) >= 11 is 1.46. The molecule has 2 saturated heterocycles. The number of nitrogens with zero attached hydrogens (tertiary/aromatic N) is 2. The number of morpholine rings is 1. The van der Waals surface area contributed by atoms with Crippen molar-refractivity contribution in [3.63, 3.8) is 0 Å². The zero-order valence-electron chi connectivity index (χ0n) is 12.0. The number of ether oxygens (including phenoxy) is 1. The van der Waals surface area contributed by atoms with Crippen molar-refractivity contribution in [3.8, 4) is 0 Å². The Morgan fingerprint density at radius 2 is 1.95 bits per heavy atom. The summed E-state index contributed by atoms with van der Waals surface area (Å²) in [6, 6.07) is 6.08. The molecule has 5 nitrogen and oxygen atoms in total. The number of hydrogen-bond donors (Lipinski definition) is 0. The number of carbonyl (C=O) groups excluding carboxylic acids is 2. The van der Waals surface area contributed by atoms with Crippen LogP contribution in [0.15, 0.2) is 24.3 Å². The van der Waals surface area contributed by atoms with E-state index < -0.39 is 0 Å². The van der Waals surface area contributed by atoms with Gasteiger partial charge in [0.25, 0.3) is 0 Å². The predicted octanol–water partition coefficient (Wildman–Crippen LogP) is 1.26. The van der Waals surface area contributed by atoms with E-state index in [-0.39, 0.29) is 29.6 Å². The molecule has 0 aromatic heterocycles. The fraction of sp³-hybridized carbons (Fsp3) is 0.467. The van der Waals surface area contributed by atoms with Crippen molar-refractivity contribution in [2.45, 2.75) is 5.37 Å². The van der Waals surface area contributed by atoms with E-state index in [0.717, 1.165) is 5.56 Å². The molecule has 2 amide bonds. The van der Waals surface area contributed by atoms with Crippen molar-refractivity contribution in [2.24, 2.45) is 0 Å². The van der Waals surface area contributed by atoms with Crippen molar-refractivity contribution < 1.29 is 18.7 Å². The van der Waals surface area contributed by atoms with E-state index in [0.29, 0.717) is 32.1 Å². The highest BCUT2D eigenvalue weighted by molar-refractivity contribution is 8.00. The van der Waals surface area contributed by atoms with Crippen molar-refractivity contribution in [2.75, 3.05) is 38.6 Å². The third-order valence-electron chi connectivity index (χ3n) is 3.79. The molecule has 118 valence electrons. The van der Waals surface area contributed by atoms with Gasteiger partial charge in [0.2, 0.25) is 11.8 Å². The van der Waals surface area contributed by atoms with Crippen molar-refractivity contribution in [1.82, 2.24) is 9.80 Å². The van der Waals surface area contributed by atoms with Crippen LogP contribution in [0.4, 0.5) is 4.39 Å². The van der Waals surface area contributed by atoms with Gasteiger partial charge in [-0.2, -0.15) is 0 Å². The summed E-state index contributed by atoms with van der Waals surface area (Å²) in [5.41, 5.74) is 0.840. The number of halogens is 1. The fourth-order valence-electron chi connectivity index (χ4n) is 2.59. The zero-order chi connectivity index (χ0) is 15.5. The summed E-state index contributed by atoms with van der Waals surface area (Å²) in [7, 11) is 0. The van der Waals surface area contributed by atoms with Gasteiger partial charge in [0.15, 0.2) is 0 Å². The first-order valence-corrected chi connectivity index (χ1v) is 8.22. The Morgan fingerprint density at radius 1 is 1.27 bits per heavy atom. The highest BCUT2D eigenvalue weighted by Gasteiger charge is 2.35. The van der Waals surface area contributed by atoms with Crippen LogP contribution in [-0.2, 0) is 14.3 Å².